The van der Waals surface area contributed by atoms with Gasteiger partial charge in [-0.15, -0.1) is 0 Å². The van der Waals surface area contributed by atoms with Crippen LogP contribution in [-0.2, 0) is 25.7 Å². The molecule has 1 aromatic rings. The van der Waals surface area contributed by atoms with E-state index in [9.17, 15) is 31.2 Å². The molecule has 3 rings (SSSR count). The van der Waals surface area contributed by atoms with E-state index in [1.165, 1.54) is 4.31 Å². The van der Waals surface area contributed by atoms with Crippen molar-refractivity contribution in [1.82, 2.24) is 14.9 Å². The summed E-state index contributed by atoms with van der Waals surface area (Å²) in [6.07, 6.45) is -3.58. The van der Waals surface area contributed by atoms with Gasteiger partial charge in [0.2, 0.25) is 15.9 Å². The summed E-state index contributed by atoms with van der Waals surface area (Å²) in [5, 5.41) is 5.55. The smallest absolute Gasteiger partial charge is 0.416 e. The van der Waals surface area contributed by atoms with Gasteiger partial charge in [-0.1, -0.05) is 19.9 Å². The van der Waals surface area contributed by atoms with Crippen LogP contribution in [0.15, 0.2) is 29.2 Å². The van der Waals surface area contributed by atoms with Gasteiger partial charge in [-0.3, -0.25) is 4.79 Å². The van der Waals surface area contributed by atoms with E-state index in [0.717, 1.165) is 18.2 Å². The van der Waals surface area contributed by atoms with Crippen LogP contribution in [0.5, 0.6) is 0 Å². The van der Waals surface area contributed by atoms with E-state index in [2.05, 4.69) is 10.6 Å². The molecule has 35 heavy (non-hydrogen) atoms. The molecule has 8 nitrogen and oxygen atoms in total. The Morgan fingerprint density at radius 3 is 2.54 bits per heavy atom. The number of hydrogen-bond donors (Lipinski definition) is 2. The van der Waals surface area contributed by atoms with E-state index in [0.29, 0.717) is 25.3 Å². The van der Waals surface area contributed by atoms with Gasteiger partial charge < -0.3 is 15.4 Å². The van der Waals surface area contributed by atoms with Crippen LogP contribution in [0.25, 0.3) is 0 Å². The number of fused-ring (bicyclic) bond motifs is 1. The first kappa shape index (κ1) is 27.3. The van der Waals surface area contributed by atoms with E-state index in [-0.39, 0.29) is 49.4 Å². The third-order valence-electron chi connectivity index (χ3n) is 6.54. The molecule has 0 radical (unpaired) electrons. The number of amides is 2. The number of hydrogen-bond acceptors (Lipinski definition) is 5. The average Bonchev–Trinajstić information content (AvgIpc) is 3.35. The van der Waals surface area contributed by atoms with E-state index in [1.807, 2.05) is 13.8 Å². The Labute approximate surface area is 203 Å². The predicted octanol–water partition coefficient (Wildman–Crippen LogP) is 3.38. The molecule has 1 saturated carbocycles. The van der Waals surface area contributed by atoms with Crippen LogP contribution in [0.1, 0.15) is 45.6 Å². The Hall–Kier alpha value is -2.34. The molecule has 196 valence electrons. The van der Waals surface area contributed by atoms with Crippen molar-refractivity contribution in [2.45, 2.75) is 63.2 Å². The number of carbonyl (C=O) groups is 2. The molecule has 1 saturated heterocycles. The number of nitrogens with one attached hydrogen (secondary N) is 2. The highest BCUT2D eigenvalue weighted by Crippen LogP contribution is 2.41. The number of rotatable bonds is 8. The highest BCUT2D eigenvalue weighted by atomic mass is 32.2. The fraction of sp³-hybridized carbons (Fsp3) is 0.652. The second-order valence-corrected chi connectivity index (χ2v) is 11.4. The molecule has 1 aliphatic heterocycles. The van der Waals surface area contributed by atoms with E-state index in [4.69, 9.17) is 4.74 Å². The molecule has 0 unspecified atom stereocenters. The highest BCUT2D eigenvalue weighted by Gasteiger charge is 2.47. The molecule has 1 heterocycles. The summed E-state index contributed by atoms with van der Waals surface area (Å²) in [6.45, 7) is 5.97. The maximum absolute atomic E-state index is 13.1. The number of alkyl carbamates (subject to hydrolysis) is 1. The fourth-order valence-corrected chi connectivity index (χ4v) is 6.46. The van der Waals surface area contributed by atoms with E-state index < -0.39 is 38.8 Å². The normalized spacial score (nSPS) is 23.7. The van der Waals surface area contributed by atoms with E-state index >= 15 is 0 Å². The monoisotopic (exact) mass is 519 g/mol. The molecule has 12 heteroatoms. The van der Waals surface area contributed by atoms with Crippen LogP contribution in [0, 0.1) is 17.8 Å². The lowest BCUT2D eigenvalue weighted by molar-refractivity contribution is -0.137. The molecular formula is C23H32F3N3O5S. The Kier molecular flexibility index (Phi) is 8.36. The number of sulfonamides is 1. The molecule has 0 spiro atoms. The quantitative estimate of drug-likeness (QED) is 0.548. The molecule has 0 aromatic heterocycles. The van der Waals surface area contributed by atoms with Crippen LogP contribution in [0.2, 0.25) is 0 Å². The van der Waals surface area contributed by atoms with Gasteiger partial charge in [-0.2, -0.15) is 17.5 Å². The third-order valence-corrected chi connectivity index (χ3v) is 8.37. The zero-order valence-corrected chi connectivity index (χ0v) is 20.8. The number of halogens is 3. The van der Waals surface area contributed by atoms with Crippen molar-refractivity contribution in [2.24, 2.45) is 17.8 Å². The molecule has 2 N–H and O–H groups in total. The molecule has 1 aliphatic carbocycles. The second-order valence-electron chi connectivity index (χ2n) is 9.51. The van der Waals surface area contributed by atoms with Gasteiger partial charge in [-0.25, -0.2) is 13.2 Å². The van der Waals surface area contributed by atoms with Crippen LogP contribution >= 0.6 is 0 Å². The minimum atomic E-state index is -4.65. The van der Waals surface area contributed by atoms with Crippen molar-refractivity contribution in [1.29, 1.82) is 0 Å². The topological polar surface area (TPSA) is 105 Å². The Balaban J connectivity index is 1.70. The largest absolute Gasteiger partial charge is 0.450 e. The predicted molar refractivity (Wildman–Crippen MR) is 122 cm³/mol. The van der Waals surface area contributed by atoms with Crippen LogP contribution in [0.4, 0.5) is 18.0 Å². The van der Waals surface area contributed by atoms with Crippen molar-refractivity contribution in [3.63, 3.8) is 0 Å². The van der Waals surface area contributed by atoms with Gasteiger partial charge in [0, 0.05) is 19.1 Å². The first-order valence-corrected chi connectivity index (χ1v) is 13.2. The van der Waals surface area contributed by atoms with Gasteiger partial charge >= 0.3 is 12.3 Å². The van der Waals surface area contributed by atoms with Gasteiger partial charge in [0.05, 0.1) is 17.1 Å². The zero-order valence-electron chi connectivity index (χ0n) is 20.0. The first-order chi connectivity index (χ1) is 16.3. The Bertz CT molecular complexity index is 1030. The summed E-state index contributed by atoms with van der Waals surface area (Å²) >= 11 is 0. The van der Waals surface area contributed by atoms with Crippen molar-refractivity contribution < 1.29 is 35.9 Å². The van der Waals surface area contributed by atoms with Crippen molar-refractivity contribution in [3.05, 3.63) is 29.8 Å². The maximum Gasteiger partial charge on any atom is 0.416 e. The Morgan fingerprint density at radius 2 is 1.91 bits per heavy atom. The lowest BCUT2D eigenvalue weighted by atomic mass is 9.97. The summed E-state index contributed by atoms with van der Waals surface area (Å²) in [5.74, 6) is -0.413. The minimum absolute atomic E-state index is 0.0116. The molecule has 2 fully saturated rings. The third kappa shape index (κ3) is 6.46. The van der Waals surface area contributed by atoms with Crippen LogP contribution in [-0.4, -0.2) is 56.5 Å². The van der Waals surface area contributed by atoms with Gasteiger partial charge in [0.1, 0.15) is 6.04 Å². The SMILES string of the molecule is CCOC(=O)N[C@@H](CC(C)C)C(=O)N[C@H]1CC[C@@H]2CN(S(=O)(=O)c3cccc(C(F)(F)F)c3)C[C@@H]21. The summed E-state index contributed by atoms with van der Waals surface area (Å²) < 4.78 is 71.5. The zero-order chi connectivity index (χ0) is 26.0. The maximum atomic E-state index is 13.1. The molecule has 2 amide bonds. The lowest BCUT2D eigenvalue weighted by Gasteiger charge is -2.25. The summed E-state index contributed by atoms with van der Waals surface area (Å²) in [6, 6.07) is 2.64. The Morgan fingerprint density at radius 1 is 1.20 bits per heavy atom. The molecule has 1 aromatic carbocycles. The summed E-state index contributed by atoms with van der Waals surface area (Å²) in [7, 11) is -4.12. The standard InChI is InChI=1S/C23H32F3N3O5S/c1-4-34-22(31)28-20(10-14(2)3)21(30)27-19-9-8-15-12-29(13-18(15)19)35(32,33)17-7-5-6-16(11-17)23(24,25)26/h5-7,11,14-15,18-20H,4,8-10,12-13H2,1-3H3,(H,27,30)(H,28,31)/t15-,18+,19+,20+/m1/s1. The molecule has 2 aliphatic rings. The van der Waals surface area contributed by atoms with Gasteiger partial charge in [0.25, 0.3) is 0 Å². The lowest BCUT2D eigenvalue weighted by Crippen LogP contribution is -2.51. The number of nitrogens with zero attached hydrogens (tertiary/aromatic N) is 1. The fourth-order valence-electron chi connectivity index (χ4n) is 4.88. The van der Waals surface area contributed by atoms with Crippen LogP contribution < -0.4 is 10.6 Å². The average molecular weight is 520 g/mol. The minimum Gasteiger partial charge on any atom is -0.450 e. The van der Waals surface area contributed by atoms with Gasteiger partial charge in [-0.05, 0) is 62.1 Å². The van der Waals surface area contributed by atoms with Crippen LogP contribution in [0.3, 0.4) is 0 Å². The number of alkyl halides is 3. The molecular weight excluding hydrogens is 487 g/mol. The highest BCUT2D eigenvalue weighted by molar-refractivity contribution is 7.89. The number of carbonyl (C=O) groups excluding carboxylic acids is 2. The van der Waals surface area contributed by atoms with Crippen molar-refractivity contribution in [2.75, 3.05) is 19.7 Å². The van der Waals surface area contributed by atoms with Gasteiger partial charge in [0.15, 0.2) is 0 Å². The molecule has 4 atom stereocenters. The number of ether oxygens (including phenoxy) is 1. The van der Waals surface area contributed by atoms with Crippen molar-refractivity contribution >= 4 is 22.0 Å². The van der Waals surface area contributed by atoms with E-state index in [1.54, 1.807) is 6.92 Å². The second kappa shape index (κ2) is 10.7. The molecule has 0 bridgehead atoms. The number of benzene rings is 1. The summed E-state index contributed by atoms with van der Waals surface area (Å²) in [5.41, 5.74) is -1.02. The van der Waals surface area contributed by atoms with Crippen molar-refractivity contribution in [3.8, 4) is 0 Å². The summed E-state index contributed by atoms with van der Waals surface area (Å²) in [4.78, 5) is 24.5. The first-order valence-electron chi connectivity index (χ1n) is 11.7.